The van der Waals surface area contributed by atoms with Crippen LogP contribution in [0.25, 0.3) is 0 Å². The van der Waals surface area contributed by atoms with Crippen molar-refractivity contribution in [1.29, 1.82) is 0 Å². The molecule has 0 bridgehead atoms. The van der Waals surface area contributed by atoms with Gasteiger partial charge in [0.25, 0.3) is 0 Å². The highest BCUT2D eigenvalue weighted by molar-refractivity contribution is 14.0. The van der Waals surface area contributed by atoms with Crippen LogP contribution in [-0.4, -0.2) is 93.8 Å². The van der Waals surface area contributed by atoms with Crippen LogP contribution in [-0.2, 0) is 9.47 Å². The summed E-state index contributed by atoms with van der Waals surface area (Å²) in [5.41, 5.74) is 0. The zero-order chi connectivity index (χ0) is 20.6. The van der Waals surface area contributed by atoms with Gasteiger partial charge >= 0.3 is 0 Å². The van der Waals surface area contributed by atoms with E-state index in [9.17, 15) is 0 Å². The molecule has 1 aromatic rings. The van der Waals surface area contributed by atoms with Gasteiger partial charge in [-0.3, -0.25) is 9.89 Å². The molecule has 3 fully saturated rings. The monoisotopic (exact) mass is 560 g/mol. The lowest BCUT2D eigenvalue weighted by Gasteiger charge is -2.38. The summed E-state index contributed by atoms with van der Waals surface area (Å²) in [7, 11) is 1.91. The number of guanidine groups is 1. The molecule has 3 atom stereocenters. The normalized spacial score (nSPS) is 26.0. The van der Waals surface area contributed by atoms with Crippen LogP contribution in [0.5, 0.6) is 0 Å². The van der Waals surface area contributed by atoms with E-state index in [-0.39, 0.29) is 24.0 Å². The Morgan fingerprint density at radius 3 is 2.65 bits per heavy atom. The van der Waals surface area contributed by atoms with E-state index in [1.54, 1.807) is 0 Å². The van der Waals surface area contributed by atoms with Crippen LogP contribution in [0.1, 0.15) is 12.8 Å². The summed E-state index contributed by atoms with van der Waals surface area (Å²) < 4.78 is 11.3. The van der Waals surface area contributed by atoms with Crippen LogP contribution in [0.4, 0.5) is 0 Å². The molecule has 31 heavy (non-hydrogen) atoms. The summed E-state index contributed by atoms with van der Waals surface area (Å²) in [6, 6.07) is 11.2. The van der Waals surface area contributed by atoms with Crippen molar-refractivity contribution in [2.24, 2.45) is 16.8 Å². The number of rotatable bonds is 7. The number of nitrogens with zero attached hydrogens (tertiary/aromatic N) is 3. The average Bonchev–Trinajstić information content (AvgIpc) is 3.49. The smallest absolute Gasteiger partial charge is 0.193 e. The Morgan fingerprint density at radius 1 is 1.13 bits per heavy atom. The molecule has 0 aliphatic carbocycles. The van der Waals surface area contributed by atoms with Crippen LogP contribution < -0.4 is 5.32 Å². The molecule has 1 N–H and O–H groups in total. The van der Waals surface area contributed by atoms with E-state index in [1.165, 1.54) is 17.1 Å². The predicted octanol–water partition coefficient (Wildman–Crippen LogP) is 3.03. The van der Waals surface area contributed by atoms with Gasteiger partial charge in [-0.2, -0.15) is 0 Å². The molecule has 3 aliphatic heterocycles. The van der Waals surface area contributed by atoms with E-state index in [0.717, 1.165) is 71.5 Å². The highest BCUT2D eigenvalue weighted by atomic mass is 127. The SMILES string of the molecule is CN=C(NCC(C1CCOC1)N1CCOCC1)N1CCC(CSc2ccccc2)C1.I. The van der Waals surface area contributed by atoms with E-state index < -0.39 is 0 Å². The fraction of sp³-hybridized carbons (Fsp3) is 0.696. The van der Waals surface area contributed by atoms with Crippen molar-refractivity contribution in [1.82, 2.24) is 15.1 Å². The molecule has 0 radical (unpaired) electrons. The second-order valence-electron chi connectivity index (χ2n) is 8.49. The molecule has 3 heterocycles. The van der Waals surface area contributed by atoms with Crippen molar-refractivity contribution in [2.75, 3.05) is 72.0 Å². The van der Waals surface area contributed by atoms with Crippen LogP contribution >= 0.6 is 35.7 Å². The van der Waals surface area contributed by atoms with Gasteiger partial charge < -0.3 is 19.7 Å². The van der Waals surface area contributed by atoms with Crippen LogP contribution in [0.15, 0.2) is 40.2 Å². The second-order valence-corrected chi connectivity index (χ2v) is 9.59. The maximum absolute atomic E-state index is 5.71. The van der Waals surface area contributed by atoms with E-state index in [1.807, 2.05) is 18.8 Å². The zero-order valence-corrected chi connectivity index (χ0v) is 21.7. The molecule has 0 aromatic heterocycles. The van der Waals surface area contributed by atoms with Crippen molar-refractivity contribution in [3.8, 4) is 0 Å². The Kier molecular flexibility index (Phi) is 10.7. The predicted molar refractivity (Wildman–Crippen MR) is 139 cm³/mol. The molecule has 6 nitrogen and oxygen atoms in total. The number of thioether (sulfide) groups is 1. The maximum Gasteiger partial charge on any atom is 0.193 e. The molecule has 4 rings (SSSR count). The van der Waals surface area contributed by atoms with Crippen molar-refractivity contribution < 1.29 is 9.47 Å². The molecule has 3 unspecified atom stereocenters. The number of hydrogen-bond acceptors (Lipinski definition) is 5. The van der Waals surface area contributed by atoms with E-state index in [0.29, 0.717) is 17.9 Å². The minimum Gasteiger partial charge on any atom is -0.381 e. The van der Waals surface area contributed by atoms with Gasteiger partial charge in [-0.15, -0.1) is 35.7 Å². The zero-order valence-electron chi connectivity index (χ0n) is 18.6. The number of morpholine rings is 1. The summed E-state index contributed by atoms with van der Waals surface area (Å²) in [6.07, 6.45) is 2.40. The fourth-order valence-corrected chi connectivity index (χ4v) is 5.83. The topological polar surface area (TPSA) is 49.3 Å². The summed E-state index contributed by atoms with van der Waals surface area (Å²) in [4.78, 5) is 11.0. The molecular formula is C23H37IN4O2S. The highest BCUT2D eigenvalue weighted by Gasteiger charge is 2.32. The van der Waals surface area contributed by atoms with Gasteiger partial charge in [-0.05, 0) is 30.9 Å². The summed E-state index contributed by atoms with van der Waals surface area (Å²) in [5, 5.41) is 3.71. The van der Waals surface area contributed by atoms with Gasteiger partial charge in [0.05, 0.1) is 19.8 Å². The summed E-state index contributed by atoms with van der Waals surface area (Å²) in [6.45, 7) is 8.60. The molecule has 8 heteroatoms. The molecular weight excluding hydrogens is 523 g/mol. The number of aliphatic imine (C=N–C) groups is 1. The molecule has 3 saturated heterocycles. The fourth-order valence-electron chi connectivity index (χ4n) is 4.78. The molecule has 174 valence electrons. The van der Waals surface area contributed by atoms with E-state index in [2.05, 4.69) is 50.4 Å². The number of benzene rings is 1. The minimum absolute atomic E-state index is 0. The van der Waals surface area contributed by atoms with Gasteiger partial charge in [0.15, 0.2) is 5.96 Å². The standard InChI is InChI=1S/C23H36N4O2S.HI/c1-24-23(27-9-7-19(16-27)18-30-21-5-3-2-4-6-21)25-15-22(20-8-12-29-17-20)26-10-13-28-14-11-26;/h2-6,19-20,22H,7-18H2,1H3,(H,24,25);1H. The highest BCUT2D eigenvalue weighted by Crippen LogP contribution is 2.26. The number of ether oxygens (including phenoxy) is 2. The lowest BCUT2D eigenvalue weighted by atomic mass is 9.97. The Labute approximate surface area is 208 Å². The second kappa shape index (κ2) is 13.2. The van der Waals surface area contributed by atoms with Crippen LogP contribution in [0, 0.1) is 11.8 Å². The molecule has 0 amide bonds. The van der Waals surface area contributed by atoms with Crippen molar-refractivity contribution >= 4 is 41.7 Å². The van der Waals surface area contributed by atoms with Gasteiger partial charge in [-0.25, -0.2) is 0 Å². The first-order valence-corrected chi connectivity index (χ1v) is 12.3. The largest absolute Gasteiger partial charge is 0.381 e. The van der Waals surface area contributed by atoms with Gasteiger partial charge in [-0.1, -0.05) is 18.2 Å². The summed E-state index contributed by atoms with van der Waals surface area (Å²) in [5.74, 6) is 3.54. The number of halogens is 1. The molecule has 0 saturated carbocycles. The first-order valence-electron chi connectivity index (χ1n) is 11.4. The third kappa shape index (κ3) is 7.22. The molecule has 0 spiro atoms. The number of hydrogen-bond donors (Lipinski definition) is 1. The van der Waals surface area contributed by atoms with Crippen molar-refractivity contribution in [2.45, 2.75) is 23.8 Å². The van der Waals surface area contributed by atoms with Gasteiger partial charge in [0.1, 0.15) is 0 Å². The quantitative estimate of drug-likeness (QED) is 0.240. The number of nitrogens with one attached hydrogen (secondary N) is 1. The minimum atomic E-state index is 0. The molecule has 3 aliphatic rings. The van der Waals surface area contributed by atoms with E-state index in [4.69, 9.17) is 9.47 Å². The lowest BCUT2D eigenvalue weighted by molar-refractivity contribution is 0.00236. The van der Waals surface area contributed by atoms with Crippen LogP contribution in [0.2, 0.25) is 0 Å². The van der Waals surface area contributed by atoms with Crippen molar-refractivity contribution in [3.05, 3.63) is 30.3 Å². The lowest BCUT2D eigenvalue weighted by Crippen LogP contribution is -2.54. The number of likely N-dealkylation sites (tertiary alicyclic amines) is 1. The first kappa shape index (κ1) is 25.1. The van der Waals surface area contributed by atoms with E-state index >= 15 is 0 Å². The van der Waals surface area contributed by atoms with Crippen molar-refractivity contribution in [3.63, 3.8) is 0 Å². The van der Waals surface area contributed by atoms with Gasteiger partial charge in [0.2, 0.25) is 0 Å². The third-order valence-corrected chi connectivity index (χ3v) is 7.76. The third-order valence-electron chi connectivity index (χ3n) is 6.52. The van der Waals surface area contributed by atoms with Gasteiger partial charge in [0, 0.05) is 69.0 Å². The maximum atomic E-state index is 5.71. The Hall–Kier alpha value is -0.550. The average molecular weight is 561 g/mol. The Balaban J connectivity index is 0.00000272. The van der Waals surface area contributed by atoms with Crippen LogP contribution in [0.3, 0.4) is 0 Å². The Morgan fingerprint density at radius 2 is 1.94 bits per heavy atom. The Bertz CT molecular complexity index is 669. The summed E-state index contributed by atoms with van der Waals surface area (Å²) >= 11 is 1.97. The molecule has 1 aromatic carbocycles. The first-order chi connectivity index (χ1) is 14.8.